The molecular formula is C18H23Cl3N4O2S. The van der Waals surface area contributed by atoms with Gasteiger partial charge < -0.3 is 20.1 Å². The molecule has 0 saturated carbocycles. The fourth-order valence-corrected chi connectivity index (χ4v) is 4.38. The summed E-state index contributed by atoms with van der Waals surface area (Å²) in [4.78, 5) is 26.2. The van der Waals surface area contributed by atoms with Gasteiger partial charge in [-0.05, 0) is 30.6 Å². The molecule has 0 aromatic carbocycles. The second kappa shape index (κ2) is 8.38. The summed E-state index contributed by atoms with van der Waals surface area (Å²) in [5, 5.41) is 6.11. The summed E-state index contributed by atoms with van der Waals surface area (Å²) in [5.74, 6) is 0.0185. The minimum Gasteiger partial charge on any atom is -0.348 e. The van der Waals surface area contributed by atoms with Crippen molar-refractivity contribution in [2.24, 2.45) is 11.8 Å². The molecule has 0 spiro atoms. The second-order valence-electron chi connectivity index (χ2n) is 7.69. The molecule has 2 aliphatic rings. The van der Waals surface area contributed by atoms with Crippen molar-refractivity contribution in [1.82, 2.24) is 20.1 Å². The SMILES string of the molecule is CC(C)C(=O)N[C@H](NC(=S)N1C[C@@H]2C[C@H](C1)c1cccc(=O)n1C2)C(Cl)(Cl)Cl. The van der Waals surface area contributed by atoms with Crippen molar-refractivity contribution in [3.63, 3.8) is 0 Å². The highest BCUT2D eigenvalue weighted by atomic mass is 35.6. The minimum atomic E-state index is -1.76. The number of alkyl halides is 3. The van der Waals surface area contributed by atoms with Crippen LogP contribution < -0.4 is 16.2 Å². The lowest BCUT2D eigenvalue weighted by Gasteiger charge is -2.44. The summed E-state index contributed by atoms with van der Waals surface area (Å²) in [6, 6.07) is 5.39. The third kappa shape index (κ3) is 4.75. The van der Waals surface area contributed by atoms with Gasteiger partial charge in [0.15, 0.2) is 5.11 Å². The molecule has 0 radical (unpaired) electrons. The average molecular weight is 466 g/mol. The van der Waals surface area contributed by atoms with Crippen molar-refractivity contribution in [1.29, 1.82) is 0 Å². The first-order chi connectivity index (χ1) is 13.1. The van der Waals surface area contributed by atoms with Crippen molar-refractivity contribution in [3.05, 3.63) is 34.2 Å². The molecule has 0 aliphatic carbocycles. The van der Waals surface area contributed by atoms with E-state index in [9.17, 15) is 9.59 Å². The van der Waals surface area contributed by atoms with Crippen LogP contribution in [-0.4, -0.2) is 43.5 Å². The van der Waals surface area contributed by atoms with Crippen LogP contribution in [0.25, 0.3) is 0 Å². The van der Waals surface area contributed by atoms with Crippen molar-refractivity contribution in [2.75, 3.05) is 13.1 Å². The maximum Gasteiger partial charge on any atom is 0.250 e. The van der Waals surface area contributed by atoms with E-state index in [2.05, 4.69) is 10.6 Å². The summed E-state index contributed by atoms with van der Waals surface area (Å²) in [6.07, 6.45) is 0.0668. The Balaban J connectivity index is 1.73. The maximum absolute atomic E-state index is 12.2. The van der Waals surface area contributed by atoms with Crippen molar-refractivity contribution in [3.8, 4) is 0 Å². The number of hydrogen-bond donors (Lipinski definition) is 2. The third-order valence-corrected chi connectivity index (χ3v) is 6.20. The fraction of sp³-hybridized carbons (Fsp3) is 0.611. The molecule has 2 N–H and O–H groups in total. The molecule has 3 atom stereocenters. The summed E-state index contributed by atoms with van der Waals surface area (Å²) < 4.78 is 0.0970. The number of amides is 1. The van der Waals surface area contributed by atoms with E-state index >= 15 is 0 Å². The molecule has 1 saturated heterocycles. The van der Waals surface area contributed by atoms with Gasteiger partial charge in [0.2, 0.25) is 9.70 Å². The predicted molar refractivity (Wildman–Crippen MR) is 116 cm³/mol. The lowest BCUT2D eigenvalue weighted by molar-refractivity contribution is -0.124. The molecule has 1 aromatic heterocycles. The Hall–Kier alpha value is -1.02. The molecule has 1 amide bonds. The molecule has 28 heavy (non-hydrogen) atoms. The number of carbonyl (C=O) groups excluding carboxylic acids is 1. The topological polar surface area (TPSA) is 66.4 Å². The van der Waals surface area contributed by atoms with Gasteiger partial charge in [0, 0.05) is 43.2 Å². The largest absolute Gasteiger partial charge is 0.348 e. The van der Waals surface area contributed by atoms with Crippen LogP contribution in [0.2, 0.25) is 0 Å². The van der Waals surface area contributed by atoms with Crippen LogP contribution in [0.3, 0.4) is 0 Å². The number of hydrogen-bond acceptors (Lipinski definition) is 3. The zero-order valence-electron chi connectivity index (χ0n) is 15.6. The third-order valence-electron chi connectivity index (χ3n) is 5.17. The summed E-state index contributed by atoms with van der Waals surface area (Å²) in [5.41, 5.74) is 1.07. The fourth-order valence-electron chi connectivity index (χ4n) is 3.79. The van der Waals surface area contributed by atoms with E-state index < -0.39 is 9.96 Å². The lowest BCUT2D eigenvalue weighted by Crippen LogP contribution is -2.60. The Morgan fingerprint density at radius 3 is 2.57 bits per heavy atom. The number of thiocarbonyl (C=S) groups is 1. The molecule has 2 bridgehead atoms. The van der Waals surface area contributed by atoms with Crippen molar-refractivity contribution < 1.29 is 4.79 Å². The number of pyridine rings is 1. The van der Waals surface area contributed by atoms with Gasteiger partial charge in [-0.3, -0.25) is 9.59 Å². The van der Waals surface area contributed by atoms with Crippen LogP contribution in [0, 0.1) is 11.8 Å². The van der Waals surface area contributed by atoms with E-state index in [1.165, 1.54) is 0 Å². The van der Waals surface area contributed by atoms with Crippen LogP contribution in [0.4, 0.5) is 0 Å². The molecule has 0 unspecified atom stereocenters. The van der Waals surface area contributed by atoms with Crippen LogP contribution in [0.5, 0.6) is 0 Å². The molecule has 3 heterocycles. The molecule has 6 nitrogen and oxygen atoms in total. The number of likely N-dealkylation sites (tertiary alicyclic amines) is 1. The van der Waals surface area contributed by atoms with Crippen molar-refractivity contribution in [2.45, 2.75) is 42.7 Å². The molecular weight excluding hydrogens is 443 g/mol. The number of nitrogens with one attached hydrogen (secondary N) is 2. The van der Waals surface area contributed by atoms with E-state index in [-0.39, 0.29) is 23.3 Å². The van der Waals surface area contributed by atoms with Crippen LogP contribution in [0.1, 0.15) is 31.9 Å². The van der Waals surface area contributed by atoms with Gasteiger partial charge >= 0.3 is 0 Å². The number of rotatable bonds is 3. The van der Waals surface area contributed by atoms with Gasteiger partial charge in [0.25, 0.3) is 5.56 Å². The molecule has 1 fully saturated rings. The molecule has 10 heteroatoms. The van der Waals surface area contributed by atoms with Gasteiger partial charge in [-0.1, -0.05) is 54.7 Å². The van der Waals surface area contributed by atoms with E-state index in [1.807, 2.05) is 15.5 Å². The number of aromatic nitrogens is 1. The Morgan fingerprint density at radius 1 is 1.21 bits per heavy atom. The van der Waals surface area contributed by atoms with Gasteiger partial charge in [0.05, 0.1) is 0 Å². The van der Waals surface area contributed by atoms with Gasteiger partial charge in [-0.15, -0.1) is 0 Å². The minimum absolute atomic E-state index is 0.0361. The van der Waals surface area contributed by atoms with E-state index in [1.54, 1.807) is 26.0 Å². The van der Waals surface area contributed by atoms with Crippen LogP contribution in [0.15, 0.2) is 23.0 Å². The van der Waals surface area contributed by atoms with Gasteiger partial charge in [-0.25, -0.2) is 0 Å². The molecule has 3 rings (SSSR count). The smallest absolute Gasteiger partial charge is 0.250 e. The standard InChI is InChI=1S/C18H23Cl3N4O2S/c1-10(2)15(27)22-16(18(19,20)21)23-17(28)24-7-11-6-12(9-24)13-4-3-5-14(26)25(13)8-11/h3-5,10-12,16H,6-9H2,1-2H3,(H,22,27)(H,23,28)/t11-,12+,16+/m0/s1. The van der Waals surface area contributed by atoms with Crippen LogP contribution in [-0.2, 0) is 11.3 Å². The number of nitrogens with zero attached hydrogens (tertiary/aromatic N) is 2. The maximum atomic E-state index is 12.2. The first-order valence-electron chi connectivity index (χ1n) is 9.18. The first kappa shape index (κ1) is 21.7. The Morgan fingerprint density at radius 2 is 1.93 bits per heavy atom. The van der Waals surface area contributed by atoms with Crippen molar-refractivity contribution >= 4 is 58.0 Å². The monoisotopic (exact) mass is 464 g/mol. The van der Waals surface area contributed by atoms with Gasteiger partial charge in [0.1, 0.15) is 6.17 Å². The molecule has 1 aromatic rings. The Bertz CT molecular complexity index is 824. The highest BCUT2D eigenvalue weighted by Gasteiger charge is 2.39. The quantitative estimate of drug-likeness (QED) is 0.408. The number of carbonyl (C=O) groups is 1. The molecule has 154 valence electrons. The summed E-state index contributed by atoms with van der Waals surface area (Å²) >= 11 is 23.7. The highest BCUT2D eigenvalue weighted by Crippen LogP contribution is 2.35. The highest BCUT2D eigenvalue weighted by molar-refractivity contribution is 7.80. The van der Waals surface area contributed by atoms with Crippen LogP contribution >= 0.6 is 47.0 Å². The first-order valence-corrected chi connectivity index (χ1v) is 10.7. The lowest BCUT2D eigenvalue weighted by atomic mass is 9.83. The number of piperidine rings is 1. The molecule has 2 aliphatic heterocycles. The summed E-state index contributed by atoms with van der Waals surface area (Å²) in [7, 11) is 0. The van der Waals surface area contributed by atoms with E-state index in [4.69, 9.17) is 47.0 Å². The Kier molecular flexibility index (Phi) is 6.49. The second-order valence-corrected chi connectivity index (χ2v) is 10.4. The average Bonchev–Trinajstić information content (AvgIpc) is 2.61. The Labute approximate surface area is 184 Å². The summed E-state index contributed by atoms with van der Waals surface area (Å²) in [6.45, 7) is 5.55. The zero-order chi connectivity index (χ0) is 20.6. The number of fused-ring (bicyclic) bond motifs is 4. The normalized spacial score (nSPS) is 22.4. The van der Waals surface area contributed by atoms with E-state index in [0.29, 0.717) is 30.7 Å². The number of halogens is 3. The van der Waals surface area contributed by atoms with Gasteiger partial charge in [-0.2, -0.15) is 0 Å². The predicted octanol–water partition coefficient (Wildman–Crippen LogP) is 2.61. The zero-order valence-corrected chi connectivity index (χ0v) is 18.7. The van der Waals surface area contributed by atoms with E-state index in [0.717, 1.165) is 12.1 Å².